The van der Waals surface area contributed by atoms with E-state index >= 15 is 0 Å². The Morgan fingerprint density at radius 2 is 2.04 bits per heavy atom. The van der Waals surface area contributed by atoms with Gasteiger partial charge in [-0.2, -0.15) is 17.0 Å². The van der Waals surface area contributed by atoms with Gasteiger partial charge in [-0.15, -0.1) is 0 Å². The highest BCUT2D eigenvalue weighted by Crippen LogP contribution is 2.36. The van der Waals surface area contributed by atoms with Gasteiger partial charge in [-0.05, 0) is 51.7 Å². The van der Waals surface area contributed by atoms with E-state index in [1.807, 2.05) is 26.0 Å². The normalized spacial score (nSPS) is 27.6. The van der Waals surface area contributed by atoms with Gasteiger partial charge in [0.25, 0.3) is 10.2 Å². The molecule has 0 bridgehead atoms. The predicted molar refractivity (Wildman–Crippen MR) is 87.3 cm³/mol. The number of hydrogen-bond acceptors (Lipinski definition) is 4. The van der Waals surface area contributed by atoms with Gasteiger partial charge in [0.15, 0.2) is 0 Å². The zero-order valence-corrected chi connectivity index (χ0v) is 14.7. The second-order valence-electron chi connectivity index (χ2n) is 6.30. The molecule has 3 heterocycles. The maximum atomic E-state index is 13.1. The largest absolute Gasteiger partial charge is 0.465 e. The first-order chi connectivity index (χ1) is 11.0. The van der Waals surface area contributed by atoms with E-state index in [9.17, 15) is 8.42 Å². The van der Waals surface area contributed by atoms with E-state index < -0.39 is 10.2 Å². The highest BCUT2D eigenvalue weighted by Gasteiger charge is 2.41. The Kier molecular flexibility index (Phi) is 5.10. The van der Waals surface area contributed by atoms with Crippen LogP contribution in [0.15, 0.2) is 16.5 Å². The van der Waals surface area contributed by atoms with E-state index in [1.54, 1.807) is 8.61 Å². The molecular formula is C16H26N2O4S. The molecule has 0 aromatic carbocycles. The molecule has 130 valence electrons. The van der Waals surface area contributed by atoms with Crippen LogP contribution in [0, 0.1) is 6.92 Å². The topological polar surface area (TPSA) is 63.0 Å². The fourth-order valence-electron chi connectivity index (χ4n) is 3.57. The van der Waals surface area contributed by atoms with Gasteiger partial charge in [-0.1, -0.05) is 0 Å². The summed E-state index contributed by atoms with van der Waals surface area (Å²) in [6.45, 7) is 6.04. The average Bonchev–Trinajstić information content (AvgIpc) is 3.16. The van der Waals surface area contributed by atoms with Crippen LogP contribution >= 0.6 is 0 Å². The Labute approximate surface area is 138 Å². The molecule has 0 spiro atoms. The number of piperidine rings is 1. The van der Waals surface area contributed by atoms with Crippen LogP contribution in [0.1, 0.15) is 50.2 Å². The molecule has 3 rings (SSSR count). The molecule has 0 aliphatic carbocycles. The fourth-order valence-corrected chi connectivity index (χ4v) is 5.47. The maximum Gasteiger partial charge on any atom is 0.282 e. The van der Waals surface area contributed by atoms with E-state index in [-0.39, 0.29) is 12.1 Å². The lowest BCUT2D eigenvalue weighted by atomic mass is 10.1. The van der Waals surface area contributed by atoms with Crippen LogP contribution < -0.4 is 0 Å². The van der Waals surface area contributed by atoms with Crippen molar-refractivity contribution in [3.63, 3.8) is 0 Å². The van der Waals surface area contributed by atoms with Gasteiger partial charge in [0.1, 0.15) is 11.5 Å². The van der Waals surface area contributed by atoms with Crippen LogP contribution in [-0.2, 0) is 14.9 Å². The van der Waals surface area contributed by atoms with Crippen molar-refractivity contribution >= 4 is 10.2 Å². The molecule has 0 saturated carbocycles. The van der Waals surface area contributed by atoms with Crippen LogP contribution in [-0.4, -0.2) is 49.4 Å². The molecule has 1 aromatic heterocycles. The third kappa shape index (κ3) is 3.47. The third-order valence-electron chi connectivity index (χ3n) is 4.66. The molecule has 0 amide bonds. The predicted octanol–water partition coefficient (Wildman–Crippen LogP) is 2.47. The van der Waals surface area contributed by atoms with Crippen molar-refractivity contribution in [2.75, 3.05) is 26.2 Å². The number of nitrogens with zero attached hydrogens (tertiary/aromatic N) is 2. The second-order valence-corrected chi connectivity index (χ2v) is 8.18. The lowest BCUT2D eigenvalue weighted by Gasteiger charge is -2.35. The van der Waals surface area contributed by atoms with Crippen molar-refractivity contribution < 1.29 is 17.6 Å². The van der Waals surface area contributed by atoms with Crippen molar-refractivity contribution in [2.24, 2.45) is 0 Å². The number of ether oxygens (including phenoxy) is 1. The molecule has 0 N–H and O–H groups in total. The first-order valence-corrected chi connectivity index (χ1v) is 9.87. The summed E-state index contributed by atoms with van der Waals surface area (Å²) in [5.41, 5.74) is 0. The van der Waals surface area contributed by atoms with Crippen LogP contribution in [0.2, 0.25) is 0 Å². The van der Waals surface area contributed by atoms with E-state index in [0.29, 0.717) is 26.2 Å². The zero-order chi connectivity index (χ0) is 16.4. The Balaban J connectivity index is 1.78. The Morgan fingerprint density at radius 3 is 2.74 bits per heavy atom. The number of aryl methyl sites for hydroxylation is 1. The molecule has 6 nitrogen and oxygen atoms in total. The molecule has 0 radical (unpaired) electrons. The summed E-state index contributed by atoms with van der Waals surface area (Å²) in [6.07, 6.45) is 3.47. The summed E-state index contributed by atoms with van der Waals surface area (Å²) < 4.78 is 40.7. The smallest absolute Gasteiger partial charge is 0.282 e. The zero-order valence-electron chi connectivity index (χ0n) is 13.9. The van der Waals surface area contributed by atoms with Gasteiger partial charge in [0, 0.05) is 26.2 Å². The summed E-state index contributed by atoms with van der Waals surface area (Å²) in [6, 6.07) is 3.61. The summed E-state index contributed by atoms with van der Waals surface area (Å²) in [5, 5.41) is 0. The van der Waals surface area contributed by atoms with Gasteiger partial charge in [0.2, 0.25) is 0 Å². The molecule has 2 fully saturated rings. The fraction of sp³-hybridized carbons (Fsp3) is 0.750. The maximum absolute atomic E-state index is 13.1. The standard InChI is InChI=1S/C16H26N2O4S/c1-3-21-14-6-4-10-17(12-14)23(19,20)18-11-5-7-15(18)16-9-8-13(2)22-16/h8-9,14-15H,3-7,10-12H2,1-2H3/t14-,15-/m1/s1. The Hall–Kier alpha value is -0.890. The molecule has 23 heavy (non-hydrogen) atoms. The van der Waals surface area contributed by atoms with Crippen molar-refractivity contribution in [1.29, 1.82) is 0 Å². The van der Waals surface area contributed by atoms with Crippen LogP contribution in [0.3, 0.4) is 0 Å². The van der Waals surface area contributed by atoms with E-state index in [0.717, 1.165) is 37.2 Å². The molecule has 2 aliphatic rings. The van der Waals surface area contributed by atoms with Crippen molar-refractivity contribution in [3.05, 3.63) is 23.7 Å². The van der Waals surface area contributed by atoms with Crippen LogP contribution in [0.25, 0.3) is 0 Å². The average molecular weight is 342 g/mol. The van der Waals surface area contributed by atoms with Crippen LogP contribution in [0.5, 0.6) is 0 Å². The van der Waals surface area contributed by atoms with Gasteiger partial charge in [-0.3, -0.25) is 0 Å². The molecule has 0 unspecified atom stereocenters. The lowest BCUT2D eigenvalue weighted by Crippen LogP contribution is -2.49. The van der Waals surface area contributed by atoms with Crippen molar-refractivity contribution in [1.82, 2.24) is 8.61 Å². The number of hydrogen-bond donors (Lipinski definition) is 0. The summed E-state index contributed by atoms with van der Waals surface area (Å²) in [5.74, 6) is 1.57. The monoisotopic (exact) mass is 342 g/mol. The molecule has 7 heteroatoms. The van der Waals surface area contributed by atoms with Gasteiger partial charge in [0.05, 0.1) is 12.1 Å². The van der Waals surface area contributed by atoms with E-state index in [2.05, 4.69) is 0 Å². The van der Waals surface area contributed by atoms with Gasteiger partial charge < -0.3 is 9.15 Å². The summed E-state index contributed by atoms with van der Waals surface area (Å²) in [4.78, 5) is 0. The van der Waals surface area contributed by atoms with E-state index in [4.69, 9.17) is 9.15 Å². The van der Waals surface area contributed by atoms with Crippen molar-refractivity contribution in [2.45, 2.75) is 51.7 Å². The second kappa shape index (κ2) is 6.93. The lowest BCUT2D eigenvalue weighted by molar-refractivity contribution is 0.0249. The quantitative estimate of drug-likeness (QED) is 0.825. The minimum absolute atomic E-state index is 0.00966. The molecule has 1 aromatic rings. The molecular weight excluding hydrogens is 316 g/mol. The molecule has 2 saturated heterocycles. The molecule has 2 aliphatic heterocycles. The van der Waals surface area contributed by atoms with Gasteiger partial charge >= 0.3 is 0 Å². The Morgan fingerprint density at radius 1 is 1.26 bits per heavy atom. The first-order valence-electron chi connectivity index (χ1n) is 8.47. The Bertz CT molecular complexity index is 626. The van der Waals surface area contributed by atoms with Crippen molar-refractivity contribution in [3.8, 4) is 0 Å². The highest BCUT2D eigenvalue weighted by atomic mass is 32.2. The van der Waals surface area contributed by atoms with Crippen LogP contribution in [0.4, 0.5) is 0 Å². The number of furan rings is 1. The minimum Gasteiger partial charge on any atom is -0.465 e. The van der Waals surface area contributed by atoms with E-state index in [1.165, 1.54) is 0 Å². The van der Waals surface area contributed by atoms with Gasteiger partial charge in [-0.25, -0.2) is 0 Å². The summed E-state index contributed by atoms with van der Waals surface area (Å²) in [7, 11) is -3.47. The number of rotatable bonds is 5. The SMILES string of the molecule is CCO[C@@H]1CCCN(S(=O)(=O)N2CCC[C@@H]2c2ccc(C)o2)C1. The highest BCUT2D eigenvalue weighted by molar-refractivity contribution is 7.86. The first kappa shape index (κ1) is 17.0. The third-order valence-corrected chi connectivity index (χ3v) is 6.67. The minimum atomic E-state index is -3.47. The summed E-state index contributed by atoms with van der Waals surface area (Å²) >= 11 is 0. The molecule has 2 atom stereocenters.